The van der Waals surface area contributed by atoms with E-state index in [1.165, 1.54) is 0 Å². The van der Waals surface area contributed by atoms with Gasteiger partial charge in [0.2, 0.25) is 10.0 Å². The third-order valence-electron chi connectivity index (χ3n) is 3.93. The highest BCUT2D eigenvalue weighted by atomic mass is 32.2. The highest BCUT2D eigenvalue weighted by Crippen LogP contribution is 2.37. The van der Waals surface area contributed by atoms with Crippen LogP contribution in [0.4, 0.5) is 8.78 Å². The lowest BCUT2D eigenvalue weighted by Crippen LogP contribution is -2.43. The Labute approximate surface area is 127 Å². The van der Waals surface area contributed by atoms with Gasteiger partial charge in [-0.15, -0.1) is 0 Å². The third-order valence-corrected chi connectivity index (χ3v) is 7.74. The van der Waals surface area contributed by atoms with E-state index in [0.717, 1.165) is 22.5 Å². The molecule has 1 saturated heterocycles. The molecular weight excluding hydrogens is 336 g/mol. The molecule has 0 bridgehead atoms. The minimum Gasteiger partial charge on any atom is -0.229 e. The fraction of sp³-hybridized carbons (Fsp3) is 0.538. The van der Waals surface area contributed by atoms with Gasteiger partial charge in [-0.05, 0) is 31.4 Å². The van der Waals surface area contributed by atoms with Gasteiger partial charge in [0, 0.05) is 12.1 Å². The van der Waals surface area contributed by atoms with Gasteiger partial charge in [-0.2, -0.15) is 4.31 Å². The molecule has 9 heteroatoms. The first-order chi connectivity index (χ1) is 10.2. The molecule has 1 aromatic rings. The maximum absolute atomic E-state index is 13.9. The summed E-state index contributed by atoms with van der Waals surface area (Å²) < 4.78 is 77.4. The Bertz CT molecular complexity index is 783. The lowest BCUT2D eigenvalue weighted by molar-refractivity contribution is 0.328. The zero-order valence-corrected chi connectivity index (χ0v) is 13.2. The molecule has 5 nitrogen and oxygen atoms in total. The zero-order chi connectivity index (χ0) is 16.1. The summed E-state index contributed by atoms with van der Waals surface area (Å²) in [6.07, 6.45) is 1.31. The smallest absolute Gasteiger partial charge is 0.229 e. The summed E-state index contributed by atoms with van der Waals surface area (Å²) in [5.41, 5.74) is 0. The van der Waals surface area contributed by atoms with Crippen LogP contribution < -0.4 is 0 Å². The van der Waals surface area contributed by atoms with E-state index in [9.17, 15) is 25.6 Å². The first-order valence-corrected chi connectivity index (χ1v) is 10.2. The van der Waals surface area contributed by atoms with E-state index in [-0.39, 0.29) is 24.0 Å². The number of sulfonamides is 1. The molecule has 22 heavy (non-hydrogen) atoms. The molecule has 1 aliphatic carbocycles. The lowest BCUT2D eigenvalue weighted by atomic mass is 10.2. The number of rotatable bonds is 4. The molecule has 0 aromatic heterocycles. The molecule has 0 spiro atoms. The lowest BCUT2D eigenvalue weighted by Gasteiger charge is -2.27. The van der Waals surface area contributed by atoms with E-state index < -0.39 is 42.4 Å². The van der Waals surface area contributed by atoms with Crippen LogP contribution in [0.15, 0.2) is 23.1 Å². The second-order valence-electron chi connectivity index (χ2n) is 5.67. The second kappa shape index (κ2) is 5.24. The minimum absolute atomic E-state index is 0.101. The quantitative estimate of drug-likeness (QED) is 0.820. The predicted octanol–water partition coefficient (Wildman–Crippen LogP) is 1.31. The van der Waals surface area contributed by atoms with Gasteiger partial charge in [-0.25, -0.2) is 25.6 Å². The first kappa shape index (κ1) is 15.8. The summed E-state index contributed by atoms with van der Waals surface area (Å²) in [5.74, 6) is -2.72. The van der Waals surface area contributed by atoms with Crippen LogP contribution in [-0.4, -0.2) is 44.7 Å². The van der Waals surface area contributed by atoms with E-state index in [0.29, 0.717) is 12.8 Å². The number of hydrogen-bond acceptors (Lipinski definition) is 4. The average Bonchev–Trinajstić information content (AvgIpc) is 3.13. The van der Waals surface area contributed by atoms with Crippen molar-refractivity contribution >= 4 is 19.9 Å². The summed E-state index contributed by atoms with van der Waals surface area (Å²) in [7, 11) is -7.72. The topological polar surface area (TPSA) is 71.5 Å². The maximum Gasteiger partial charge on any atom is 0.249 e. The van der Waals surface area contributed by atoms with Crippen LogP contribution >= 0.6 is 0 Å². The van der Waals surface area contributed by atoms with Crippen LogP contribution in [0.2, 0.25) is 0 Å². The molecule has 0 N–H and O–H groups in total. The van der Waals surface area contributed by atoms with E-state index >= 15 is 0 Å². The fourth-order valence-electron chi connectivity index (χ4n) is 2.83. The molecule has 0 radical (unpaired) electrons. The number of sulfone groups is 1. The van der Waals surface area contributed by atoms with E-state index in [1.807, 2.05) is 0 Å². The average molecular weight is 351 g/mol. The number of halogens is 2. The Hall–Kier alpha value is -1.06. The van der Waals surface area contributed by atoms with Crippen molar-refractivity contribution in [2.75, 3.05) is 11.5 Å². The summed E-state index contributed by atoms with van der Waals surface area (Å²) in [6.45, 7) is 0. The Kier molecular flexibility index (Phi) is 3.77. The van der Waals surface area contributed by atoms with Crippen molar-refractivity contribution in [3.8, 4) is 0 Å². The van der Waals surface area contributed by atoms with Gasteiger partial charge < -0.3 is 0 Å². The first-order valence-electron chi connectivity index (χ1n) is 6.90. The van der Waals surface area contributed by atoms with Gasteiger partial charge in [0.05, 0.1) is 11.5 Å². The summed E-state index contributed by atoms with van der Waals surface area (Å²) in [5, 5.41) is 0. The van der Waals surface area contributed by atoms with E-state index in [4.69, 9.17) is 0 Å². The molecule has 1 aromatic carbocycles. The number of hydrogen-bond donors (Lipinski definition) is 0. The van der Waals surface area contributed by atoms with Gasteiger partial charge in [-0.3, -0.25) is 0 Å². The van der Waals surface area contributed by atoms with Crippen molar-refractivity contribution in [2.45, 2.75) is 36.2 Å². The van der Waals surface area contributed by atoms with Crippen molar-refractivity contribution in [3.05, 3.63) is 29.8 Å². The van der Waals surface area contributed by atoms with Gasteiger partial charge in [0.15, 0.2) is 14.7 Å². The van der Waals surface area contributed by atoms with E-state index in [2.05, 4.69) is 0 Å². The normalized spacial score (nSPS) is 24.8. The molecule has 2 fully saturated rings. The SMILES string of the molecule is O=S1(=O)CC[C@@H](N(C2CC2)S(=O)(=O)c2c(F)cccc2F)C1. The van der Waals surface area contributed by atoms with Gasteiger partial charge in [0.25, 0.3) is 0 Å². The molecule has 2 aliphatic rings. The van der Waals surface area contributed by atoms with Gasteiger partial charge in [0.1, 0.15) is 11.6 Å². The zero-order valence-electron chi connectivity index (χ0n) is 11.6. The van der Waals surface area contributed by atoms with Gasteiger partial charge >= 0.3 is 0 Å². The van der Waals surface area contributed by atoms with Crippen LogP contribution in [0, 0.1) is 11.6 Å². The Morgan fingerprint density at radius 2 is 1.64 bits per heavy atom. The van der Waals surface area contributed by atoms with Crippen molar-refractivity contribution in [2.24, 2.45) is 0 Å². The highest BCUT2D eigenvalue weighted by Gasteiger charge is 2.47. The van der Waals surface area contributed by atoms with Crippen molar-refractivity contribution < 1.29 is 25.6 Å². The predicted molar refractivity (Wildman–Crippen MR) is 75.5 cm³/mol. The van der Waals surface area contributed by atoms with Crippen LogP contribution in [0.3, 0.4) is 0 Å². The molecule has 1 saturated carbocycles. The molecule has 0 amide bonds. The Morgan fingerprint density at radius 3 is 2.09 bits per heavy atom. The monoisotopic (exact) mass is 351 g/mol. The minimum atomic E-state index is -4.41. The Balaban J connectivity index is 2.05. The molecule has 1 heterocycles. The molecule has 3 rings (SSSR count). The van der Waals surface area contributed by atoms with Crippen molar-refractivity contribution in [1.29, 1.82) is 0 Å². The molecule has 1 aliphatic heterocycles. The Morgan fingerprint density at radius 1 is 1.05 bits per heavy atom. The summed E-state index contributed by atoms with van der Waals surface area (Å²) in [6, 6.07) is 1.73. The standard InChI is InChI=1S/C13H15F2NO4S2/c14-11-2-1-3-12(15)13(11)22(19,20)16(9-4-5-9)10-6-7-21(17,18)8-10/h1-3,9-10H,4-8H2/t10-/m1/s1. The van der Waals surface area contributed by atoms with Crippen molar-refractivity contribution in [3.63, 3.8) is 0 Å². The third kappa shape index (κ3) is 2.77. The number of nitrogens with zero attached hydrogens (tertiary/aromatic N) is 1. The van der Waals surface area contributed by atoms with Crippen LogP contribution in [0.1, 0.15) is 19.3 Å². The molecular formula is C13H15F2NO4S2. The summed E-state index contributed by atoms with van der Waals surface area (Å²) in [4.78, 5) is -0.994. The number of benzene rings is 1. The maximum atomic E-state index is 13.9. The largest absolute Gasteiger partial charge is 0.249 e. The summed E-state index contributed by atoms with van der Waals surface area (Å²) >= 11 is 0. The second-order valence-corrected chi connectivity index (χ2v) is 9.68. The fourth-order valence-corrected chi connectivity index (χ4v) is 6.65. The van der Waals surface area contributed by atoms with E-state index in [1.54, 1.807) is 0 Å². The van der Waals surface area contributed by atoms with Crippen molar-refractivity contribution in [1.82, 2.24) is 4.31 Å². The highest BCUT2D eigenvalue weighted by molar-refractivity contribution is 7.92. The van der Waals surface area contributed by atoms with Crippen LogP contribution in [0.5, 0.6) is 0 Å². The molecule has 1 atom stereocenters. The molecule has 122 valence electrons. The van der Waals surface area contributed by atoms with Gasteiger partial charge in [-0.1, -0.05) is 6.07 Å². The molecule has 0 unspecified atom stereocenters. The van der Waals surface area contributed by atoms with Crippen LogP contribution in [0.25, 0.3) is 0 Å². The van der Waals surface area contributed by atoms with Crippen LogP contribution in [-0.2, 0) is 19.9 Å².